The summed E-state index contributed by atoms with van der Waals surface area (Å²) in [6.45, 7) is 0. The van der Waals surface area contributed by atoms with Gasteiger partial charge in [-0.05, 0) is 30.3 Å². The van der Waals surface area contributed by atoms with E-state index in [9.17, 15) is 0 Å². The number of nitrogens with two attached hydrogens (primary N) is 1. The van der Waals surface area contributed by atoms with Gasteiger partial charge in [-0.3, -0.25) is 4.98 Å². The highest BCUT2D eigenvalue weighted by Crippen LogP contribution is 2.30. The van der Waals surface area contributed by atoms with Crippen molar-refractivity contribution in [2.75, 3.05) is 5.73 Å². The van der Waals surface area contributed by atoms with Crippen molar-refractivity contribution < 1.29 is 4.52 Å². The predicted molar refractivity (Wildman–Crippen MR) is 77.4 cm³/mol. The van der Waals surface area contributed by atoms with Crippen molar-refractivity contribution in [3.8, 4) is 23.0 Å². The number of hydrogen-bond donors (Lipinski definition) is 1. The quantitative estimate of drug-likeness (QED) is 0.731. The number of anilines is 1. The van der Waals surface area contributed by atoms with Crippen LogP contribution in [0, 0.1) is 0 Å². The minimum Gasteiger partial charge on any atom is -0.399 e. The first-order valence-electron chi connectivity index (χ1n) is 5.65. The standard InChI is InChI=1S/C13H8Cl2N4O/c14-9-4-3-7(16)6-8(9)13-18-12(19-20-13)11-10(15)2-1-5-17-11/h1-6H,16H2. The van der Waals surface area contributed by atoms with Crippen molar-refractivity contribution in [1.82, 2.24) is 15.1 Å². The average Bonchev–Trinajstić information content (AvgIpc) is 2.91. The van der Waals surface area contributed by atoms with Gasteiger partial charge >= 0.3 is 0 Å². The molecule has 1 aromatic carbocycles. The molecule has 0 amide bonds. The van der Waals surface area contributed by atoms with Crippen LogP contribution in [0.3, 0.4) is 0 Å². The van der Waals surface area contributed by atoms with Gasteiger partial charge in [0.1, 0.15) is 5.69 Å². The molecule has 0 saturated heterocycles. The molecular formula is C13H8Cl2N4O. The van der Waals surface area contributed by atoms with E-state index < -0.39 is 0 Å². The molecule has 2 aromatic heterocycles. The summed E-state index contributed by atoms with van der Waals surface area (Å²) in [6.07, 6.45) is 1.60. The summed E-state index contributed by atoms with van der Waals surface area (Å²) in [4.78, 5) is 8.37. The van der Waals surface area contributed by atoms with Crippen molar-refractivity contribution in [3.05, 3.63) is 46.6 Å². The SMILES string of the molecule is Nc1ccc(Cl)c(-c2nc(-c3ncccc3Cl)no2)c1. The van der Waals surface area contributed by atoms with Crippen molar-refractivity contribution in [2.45, 2.75) is 0 Å². The Kier molecular flexibility index (Phi) is 3.30. The van der Waals surface area contributed by atoms with Crippen LogP contribution in [0.15, 0.2) is 41.1 Å². The molecule has 0 aliphatic heterocycles. The van der Waals surface area contributed by atoms with E-state index in [2.05, 4.69) is 15.1 Å². The van der Waals surface area contributed by atoms with Crippen molar-refractivity contribution in [3.63, 3.8) is 0 Å². The molecule has 0 bridgehead atoms. The lowest BCUT2D eigenvalue weighted by Crippen LogP contribution is -1.88. The fourth-order valence-electron chi connectivity index (χ4n) is 1.69. The van der Waals surface area contributed by atoms with E-state index in [0.717, 1.165) is 0 Å². The van der Waals surface area contributed by atoms with Crippen LogP contribution >= 0.6 is 23.2 Å². The Balaban J connectivity index is 2.07. The number of pyridine rings is 1. The molecule has 0 atom stereocenters. The third-order valence-electron chi connectivity index (χ3n) is 2.62. The zero-order chi connectivity index (χ0) is 14.1. The van der Waals surface area contributed by atoms with Gasteiger partial charge in [-0.15, -0.1) is 0 Å². The third kappa shape index (κ3) is 2.33. The molecule has 2 heterocycles. The van der Waals surface area contributed by atoms with Gasteiger partial charge in [-0.2, -0.15) is 4.98 Å². The van der Waals surface area contributed by atoms with Crippen LogP contribution in [0.25, 0.3) is 23.0 Å². The average molecular weight is 307 g/mol. The molecule has 5 nitrogen and oxygen atoms in total. The Morgan fingerprint density at radius 2 is 1.95 bits per heavy atom. The maximum Gasteiger partial charge on any atom is 0.259 e. The largest absolute Gasteiger partial charge is 0.399 e. The predicted octanol–water partition coefficient (Wildman–Crippen LogP) is 3.69. The van der Waals surface area contributed by atoms with Gasteiger partial charge in [-0.25, -0.2) is 0 Å². The minimum absolute atomic E-state index is 0.263. The van der Waals surface area contributed by atoms with E-state index in [1.165, 1.54) is 0 Å². The molecule has 0 aliphatic rings. The highest BCUT2D eigenvalue weighted by atomic mass is 35.5. The van der Waals surface area contributed by atoms with Crippen LogP contribution in [0.2, 0.25) is 10.0 Å². The highest BCUT2D eigenvalue weighted by molar-refractivity contribution is 6.33. The number of rotatable bonds is 2. The van der Waals surface area contributed by atoms with Crippen LogP contribution in [-0.4, -0.2) is 15.1 Å². The lowest BCUT2D eigenvalue weighted by Gasteiger charge is -1.99. The van der Waals surface area contributed by atoms with Crippen LogP contribution in [-0.2, 0) is 0 Å². The molecular weight excluding hydrogens is 299 g/mol. The van der Waals surface area contributed by atoms with Crippen molar-refractivity contribution >= 4 is 28.9 Å². The number of halogens is 2. The number of nitrogens with zero attached hydrogens (tertiary/aromatic N) is 3. The molecule has 3 rings (SSSR count). The molecule has 7 heteroatoms. The van der Waals surface area contributed by atoms with E-state index in [-0.39, 0.29) is 5.89 Å². The second-order valence-corrected chi connectivity index (χ2v) is 4.81. The van der Waals surface area contributed by atoms with E-state index in [1.807, 2.05) is 0 Å². The van der Waals surface area contributed by atoms with Gasteiger partial charge in [0.2, 0.25) is 5.82 Å². The van der Waals surface area contributed by atoms with Crippen LogP contribution in [0.5, 0.6) is 0 Å². The summed E-state index contributed by atoms with van der Waals surface area (Å²) < 4.78 is 5.20. The lowest BCUT2D eigenvalue weighted by molar-refractivity contribution is 0.432. The molecule has 0 aliphatic carbocycles. The molecule has 2 N–H and O–H groups in total. The van der Waals surface area contributed by atoms with Crippen LogP contribution in [0.1, 0.15) is 0 Å². The molecule has 100 valence electrons. The summed E-state index contributed by atoms with van der Waals surface area (Å²) in [7, 11) is 0. The number of hydrogen-bond acceptors (Lipinski definition) is 5. The van der Waals surface area contributed by atoms with Crippen LogP contribution < -0.4 is 5.73 Å². The fourth-order valence-corrected chi connectivity index (χ4v) is 2.09. The van der Waals surface area contributed by atoms with Gasteiger partial charge in [0.05, 0.1) is 15.6 Å². The highest BCUT2D eigenvalue weighted by Gasteiger charge is 2.16. The number of aromatic nitrogens is 3. The molecule has 0 fully saturated rings. The Morgan fingerprint density at radius 3 is 2.75 bits per heavy atom. The van der Waals surface area contributed by atoms with E-state index >= 15 is 0 Å². The second-order valence-electron chi connectivity index (χ2n) is 4.00. The maximum atomic E-state index is 6.09. The minimum atomic E-state index is 0.263. The fraction of sp³-hybridized carbons (Fsp3) is 0. The maximum absolute atomic E-state index is 6.09. The summed E-state index contributed by atoms with van der Waals surface area (Å²) in [5.74, 6) is 0.558. The van der Waals surface area contributed by atoms with Gasteiger partial charge in [-0.1, -0.05) is 28.4 Å². The van der Waals surface area contributed by atoms with Gasteiger partial charge < -0.3 is 10.3 Å². The van der Waals surface area contributed by atoms with E-state index in [0.29, 0.717) is 32.8 Å². The number of benzene rings is 1. The Bertz CT molecular complexity index is 773. The molecule has 0 radical (unpaired) electrons. The van der Waals surface area contributed by atoms with Crippen molar-refractivity contribution in [2.24, 2.45) is 0 Å². The first-order chi connectivity index (χ1) is 9.65. The molecule has 20 heavy (non-hydrogen) atoms. The normalized spacial score (nSPS) is 10.7. The second kappa shape index (κ2) is 5.11. The number of nitrogen functional groups attached to an aromatic ring is 1. The molecule has 0 saturated carbocycles. The summed E-state index contributed by atoms with van der Waals surface area (Å²) in [6, 6.07) is 8.46. The van der Waals surface area contributed by atoms with E-state index in [4.69, 9.17) is 33.5 Å². The van der Waals surface area contributed by atoms with Crippen molar-refractivity contribution in [1.29, 1.82) is 0 Å². The zero-order valence-electron chi connectivity index (χ0n) is 10.0. The zero-order valence-corrected chi connectivity index (χ0v) is 11.6. The monoisotopic (exact) mass is 306 g/mol. The first kappa shape index (κ1) is 12.9. The van der Waals surface area contributed by atoms with Gasteiger partial charge in [0, 0.05) is 11.9 Å². The Morgan fingerprint density at radius 1 is 1.10 bits per heavy atom. The van der Waals surface area contributed by atoms with Gasteiger partial charge in [0.15, 0.2) is 0 Å². The lowest BCUT2D eigenvalue weighted by atomic mass is 10.2. The Labute approximate surface area is 124 Å². The topological polar surface area (TPSA) is 77.8 Å². The Hall–Kier alpha value is -2.11. The smallest absolute Gasteiger partial charge is 0.259 e. The molecule has 0 unspecified atom stereocenters. The first-order valence-corrected chi connectivity index (χ1v) is 6.41. The van der Waals surface area contributed by atoms with Gasteiger partial charge in [0.25, 0.3) is 5.89 Å². The van der Waals surface area contributed by atoms with E-state index in [1.54, 1.807) is 36.5 Å². The summed E-state index contributed by atoms with van der Waals surface area (Å²) in [5.41, 5.74) is 7.30. The molecule has 0 spiro atoms. The summed E-state index contributed by atoms with van der Waals surface area (Å²) in [5, 5.41) is 4.78. The molecule has 3 aromatic rings. The third-order valence-corrected chi connectivity index (χ3v) is 3.25. The van der Waals surface area contributed by atoms with Crippen LogP contribution in [0.4, 0.5) is 5.69 Å². The summed E-state index contributed by atoms with van der Waals surface area (Å²) >= 11 is 12.1.